The Morgan fingerprint density at radius 3 is 3.00 bits per heavy atom. The van der Waals surface area contributed by atoms with Crippen molar-refractivity contribution in [2.45, 2.75) is 45.1 Å². The number of rotatable bonds is 5. The van der Waals surface area contributed by atoms with Gasteiger partial charge in [-0.05, 0) is 25.2 Å². The minimum absolute atomic E-state index is 0.223. The van der Waals surface area contributed by atoms with E-state index in [1.54, 1.807) is 0 Å². The number of anilines is 1. The topological polar surface area (TPSA) is 93.0 Å². The molecule has 19 heavy (non-hydrogen) atoms. The van der Waals surface area contributed by atoms with Crippen molar-refractivity contribution in [3.8, 4) is 0 Å². The van der Waals surface area contributed by atoms with E-state index in [1.807, 2.05) is 13.8 Å². The van der Waals surface area contributed by atoms with Gasteiger partial charge in [0.15, 0.2) is 5.69 Å². The lowest BCUT2D eigenvalue weighted by molar-refractivity contribution is 0.0904. The van der Waals surface area contributed by atoms with Gasteiger partial charge >= 0.3 is 0 Å². The lowest BCUT2D eigenvalue weighted by Crippen LogP contribution is -2.28. The molecule has 1 fully saturated rings. The average Bonchev–Trinajstić information content (AvgIpc) is 2.98. The minimum atomic E-state index is -0.223. The Balaban J connectivity index is 1.85. The summed E-state index contributed by atoms with van der Waals surface area (Å²) in [6, 6.07) is 0. The molecule has 106 valence electrons. The summed E-state index contributed by atoms with van der Waals surface area (Å²) < 4.78 is 5.50. The van der Waals surface area contributed by atoms with Crippen LogP contribution in [0.3, 0.4) is 0 Å². The molecule has 6 heteroatoms. The van der Waals surface area contributed by atoms with Gasteiger partial charge in [0.05, 0.1) is 17.5 Å². The van der Waals surface area contributed by atoms with Gasteiger partial charge in [0.25, 0.3) is 5.91 Å². The van der Waals surface area contributed by atoms with E-state index in [0.29, 0.717) is 12.2 Å². The Labute approximate surface area is 113 Å². The molecule has 0 aliphatic carbocycles. The zero-order valence-electron chi connectivity index (χ0n) is 11.5. The number of hydrogen-bond donors (Lipinski definition) is 3. The van der Waals surface area contributed by atoms with Gasteiger partial charge in [0.1, 0.15) is 0 Å². The van der Waals surface area contributed by atoms with Gasteiger partial charge in [0, 0.05) is 13.2 Å². The van der Waals surface area contributed by atoms with E-state index in [9.17, 15) is 4.79 Å². The first-order chi connectivity index (χ1) is 9.09. The second-order valence-corrected chi connectivity index (χ2v) is 5.23. The number of aromatic nitrogens is 2. The molecule has 0 radical (unpaired) electrons. The highest BCUT2D eigenvalue weighted by atomic mass is 16.5. The third-order valence-corrected chi connectivity index (χ3v) is 3.40. The zero-order chi connectivity index (χ0) is 13.8. The zero-order valence-corrected chi connectivity index (χ0v) is 11.5. The summed E-state index contributed by atoms with van der Waals surface area (Å²) in [4.78, 5) is 12.0. The molecule has 0 aromatic carbocycles. The number of carbonyl (C=O) groups is 1. The van der Waals surface area contributed by atoms with E-state index in [0.717, 1.165) is 31.6 Å². The number of ether oxygens (including phenoxy) is 1. The molecule has 4 N–H and O–H groups in total. The molecule has 6 nitrogen and oxygen atoms in total. The van der Waals surface area contributed by atoms with E-state index in [2.05, 4.69) is 15.5 Å². The van der Waals surface area contributed by atoms with Crippen LogP contribution >= 0.6 is 0 Å². The summed E-state index contributed by atoms with van der Waals surface area (Å²) in [5, 5.41) is 9.66. The molecule has 2 heterocycles. The van der Waals surface area contributed by atoms with Crippen LogP contribution in [0.5, 0.6) is 0 Å². The fourth-order valence-electron chi connectivity index (χ4n) is 2.28. The van der Waals surface area contributed by atoms with E-state index >= 15 is 0 Å². The molecule has 1 atom stereocenters. The SMILES string of the molecule is CC(C)c1[nH]nc(C(=O)NCCC2CCCO2)c1N. The molecular weight excluding hydrogens is 244 g/mol. The number of carbonyl (C=O) groups excluding carboxylic acids is 1. The van der Waals surface area contributed by atoms with Gasteiger partial charge in [-0.15, -0.1) is 0 Å². The Morgan fingerprint density at radius 1 is 1.63 bits per heavy atom. The lowest BCUT2D eigenvalue weighted by Gasteiger charge is -2.09. The Bertz CT molecular complexity index is 436. The van der Waals surface area contributed by atoms with Crippen molar-refractivity contribution >= 4 is 11.6 Å². The maximum atomic E-state index is 12.0. The minimum Gasteiger partial charge on any atom is -0.395 e. The van der Waals surface area contributed by atoms with Gasteiger partial charge in [-0.2, -0.15) is 5.10 Å². The second kappa shape index (κ2) is 6.06. The van der Waals surface area contributed by atoms with Gasteiger partial charge in [-0.1, -0.05) is 13.8 Å². The van der Waals surface area contributed by atoms with Crippen molar-refractivity contribution in [1.82, 2.24) is 15.5 Å². The third kappa shape index (κ3) is 3.26. The first-order valence-corrected chi connectivity index (χ1v) is 6.83. The number of H-pyrrole nitrogens is 1. The molecule has 1 unspecified atom stereocenters. The Kier molecular flexibility index (Phi) is 4.42. The predicted octanol–water partition coefficient (Wildman–Crippen LogP) is 1.41. The summed E-state index contributed by atoms with van der Waals surface area (Å²) in [7, 11) is 0. The van der Waals surface area contributed by atoms with Gasteiger partial charge < -0.3 is 15.8 Å². The standard InChI is InChI=1S/C13H22N4O2/c1-8(2)11-10(14)12(17-16-11)13(18)15-6-5-9-4-3-7-19-9/h8-9H,3-7,14H2,1-2H3,(H,15,18)(H,16,17). The fourth-order valence-corrected chi connectivity index (χ4v) is 2.28. The normalized spacial score (nSPS) is 19.0. The smallest absolute Gasteiger partial charge is 0.273 e. The van der Waals surface area contributed by atoms with Crippen LogP contribution in [-0.4, -0.2) is 35.4 Å². The summed E-state index contributed by atoms with van der Waals surface area (Å²) >= 11 is 0. The van der Waals surface area contributed by atoms with Crippen molar-refractivity contribution in [2.75, 3.05) is 18.9 Å². The number of nitrogens with one attached hydrogen (secondary N) is 2. The Hall–Kier alpha value is -1.56. The summed E-state index contributed by atoms with van der Waals surface area (Å²) in [5.41, 5.74) is 7.47. The molecule has 0 saturated carbocycles. The van der Waals surface area contributed by atoms with Gasteiger partial charge in [0.2, 0.25) is 0 Å². The molecule has 2 rings (SSSR count). The summed E-state index contributed by atoms with van der Waals surface area (Å²) in [5.74, 6) is -0.000384. The maximum absolute atomic E-state index is 12.0. The van der Waals surface area contributed by atoms with Crippen molar-refractivity contribution in [1.29, 1.82) is 0 Å². The largest absolute Gasteiger partial charge is 0.395 e. The predicted molar refractivity (Wildman–Crippen MR) is 73.0 cm³/mol. The number of hydrogen-bond acceptors (Lipinski definition) is 4. The van der Waals surface area contributed by atoms with Crippen molar-refractivity contribution in [2.24, 2.45) is 0 Å². The molecule has 1 aliphatic rings. The highest BCUT2D eigenvalue weighted by Gasteiger charge is 2.19. The van der Waals surface area contributed by atoms with Gasteiger partial charge in [-0.3, -0.25) is 9.89 Å². The third-order valence-electron chi connectivity index (χ3n) is 3.40. The molecule has 1 saturated heterocycles. The molecule has 0 bridgehead atoms. The van der Waals surface area contributed by atoms with E-state index < -0.39 is 0 Å². The highest BCUT2D eigenvalue weighted by Crippen LogP contribution is 2.22. The van der Waals surface area contributed by atoms with E-state index in [4.69, 9.17) is 10.5 Å². The van der Waals surface area contributed by atoms with Gasteiger partial charge in [-0.25, -0.2) is 0 Å². The maximum Gasteiger partial charge on any atom is 0.273 e. The number of amides is 1. The summed E-state index contributed by atoms with van der Waals surface area (Å²) in [6.45, 7) is 5.43. The highest BCUT2D eigenvalue weighted by molar-refractivity contribution is 5.97. The second-order valence-electron chi connectivity index (χ2n) is 5.23. The van der Waals surface area contributed by atoms with Crippen LogP contribution in [0.1, 0.15) is 55.2 Å². The van der Waals surface area contributed by atoms with Crippen molar-refractivity contribution < 1.29 is 9.53 Å². The average molecular weight is 266 g/mol. The first-order valence-electron chi connectivity index (χ1n) is 6.83. The molecule has 1 aromatic heterocycles. The van der Waals surface area contributed by atoms with Crippen LogP contribution in [0.15, 0.2) is 0 Å². The molecule has 1 amide bonds. The molecule has 1 aromatic rings. The summed E-state index contributed by atoms with van der Waals surface area (Å²) in [6.07, 6.45) is 3.32. The van der Waals surface area contributed by atoms with E-state index in [1.165, 1.54) is 0 Å². The molecular formula is C13H22N4O2. The van der Waals surface area contributed by atoms with E-state index in [-0.39, 0.29) is 23.6 Å². The number of nitrogens with zero attached hydrogens (tertiary/aromatic N) is 1. The quantitative estimate of drug-likeness (QED) is 0.751. The van der Waals surface area contributed by atoms with Crippen molar-refractivity contribution in [3.05, 3.63) is 11.4 Å². The van der Waals surface area contributed by atoms with Crippen LogP contribution in [0.2, 0.25) is 0 Å². The Morgan fingerprint density at radius 2 is 2.42 bits per heavy atom. The van der Waals surface area contributed by atoms with Crippen LogP contribution in [0.25, 0.3) is 0 Å². The monoisotopic (exact) mass is 266 g/mol. The van der Waals surface area contributed by atoms with Crippen LogP contribution in [0, 0.1) is 0 Å². The fraction of sp³-hybridized carbons (Fsp3) is 0.692. The lowest BCUT2D eigenvalue weighted by atomic mass is 10.1. The van der Waals surface area contributed by atoms with Crippen LogP contribution < -0.4 is 11.1 Å². The number of nitrogen functional groups attached to an aromatic ring is 1. The molecule has 0 spiro atoms. The van der Waals surface area contributed by atoms with Crippen LogP contribution in [-0.2, 0) is 4.74 Å². The van der Waals surface area contributed by atoms with Crippen molar-refractivity contribution in [3.63, 3.8) is 0 Å². The molecule has 1 aliphatic heterocycles. The van der Waals surface area contributed by atoms with Crippen LogP contribution in [0.4, 0.5) is 5.69 Å². The number of nitrogens with two attached hydrogens (primary N) is 1. The number of aromatic amines is 1. The first kappa shape index (κ1) is 13.9.